The molecule has 0 spiro atoms. The third kappa shape index (κ3) is 6.73. The van der Waals surface area contributed by atoms with Gasteiger partial charge in [0.25, 0.3) is 0 Å². The average molecular weight is 282 g/mol. The Morgan fingerprint density at radius 2 is 2.21 bits per heavy atom. The zero-order valence-electron chi connectivity index (χ0n) is 12.0. The van der Waals surface area contributed by atoms with Crippen LogP contribution in [0.3, 0.4) is 0 Å². The Hall–Kier alpha value is -0.870. The Kier molecular flexibility index (Phi) is 7.75. The van der Waals surface area contributed by atoms with Gasteiger partial charge in [0.15, 0.2) is 0 Å². The van der Waals surface area contributed by atoms with E-state index >= 15 is 0 Å². The molecule has 1 amide bonds. The highest BCUT2D eigenvalue weighted by molar-refractivity contribution is 7.07. The summed E-state index contributed by atoms with van der Waals surface area (Å²) in [5, 5.41) is 7.19. The Morgan fingerprint density at radius 3 is 2.79 bits per heavy atom. The molecule has 3 N–H and O–H groups in total. The Morgan fingerprint density at radius 1 is 1.42 bits per heavy atom. The minimum Gasteiger partial charge on any atom is -0.356 e. The van der Waals surface area contributed by atoms with E-state index in [1.807, 2.05) is 0 Å². The van der Waals surface area contributed by atoms with Crippen molar-refractivity contribution in [2.75, 3.05) is 13.1 Å². The molecule has 1 rings (SSSR count). The summed E-state index contributed by atoms with van der Waals surface area (Å²) in [6, 6.07) is 2.10. The van der Waals surface area contributed by atoms with Gasteiger partial charge in [-0.15, -0.1) is 0 Å². The van der Waals surface area contributed by atoms with Crippen LogP contribution in [0.2, 0.25) is 0 Å². The number of amides is 1. The monoisotopic (exact) mass is 282 g/mol. The molecule has 0 aliphatic carbocycles. The molecule has 0 aliphatic rings. The lowest BCUT2D eigenvalue weighted by Crippen LogP contribution is -2.26. The second-order valence-electron chi connectivity index (χ2n) is 5.35. The van der Waals surface area contributed by atoms with Gasteiger partial charge in [0.05, 0.1) is 0 Å². The molecule has 0 aromatic carbocycles. The predicted molar refractivity (Wildman–Crippen MR) is 82.3 cm³/mol. The van der Waals surface area contributed by atoms with E-state index in [0.717, 1.165) is 25.8 Å². The molecule has 3 nitrogen and oxygen atoms in total. The molecule has 4 heteroatoms. The van der Waals surface area contributed by atoms with Crippen LogP contribution >= 0.6 is 11.3 Å². The molecular weight excluding hydrogens is 256 g/mol. The van der Waals surface area contributed by atoms with Gasteiger partial charge in [-0.05, 0) is 60.0 Å². The van der Waals surface area contributed by atoms with Crippen LogP contribution in [0.25, 0.3) is 0 Å². The minimum absolute atomic E-state index is 0.165. The first-order valence-electron chi connectivity index (χ1n) is 7.11. The zero-order valence-corrected chi connectivity index (χ0v) is 12.8. The third-order valence-electron chi connectivity index (χ3n) is 3.54. The van der Waals surface area contributed by atoms with E-state index in [0.29, 0.717) is 24.8 Å². The lowest BCUT2D eigenvalue weighted by atomic mass is 9.88. The summed E-state index contributed by atoms with van der Waals surface area (Å²) in [4.78, 5) is 11.8. The summed E-state index contributed by atoms with van der Waals surface area (Å²) < 4.78 is 0. The van der Waals surface area contributed by atoms with Crippen molar-refractivity contribution in [3.05, 3.63) is 22.4 Å². The van der Waals surface area contributed by atoms with Crippen LogP contribution in [-0.2, 0) is 11.2 Å². The van der Waals surface area contributed by atoms with Crippen LogP contribution in [0, 0.1) is 11.8 Å². The van der Waals surface area contributed by atoms with Crippen LogP contribution in [0.5, 0.6) is 0 Å². The maximum absolute atomic E-state index is 11.8. The average Bonchev–Trinajstić information content (AvgIpc) is 2.87. The van der Waals surface area contributed by atoms with E-state index in [1.165, 1.54) is 5.56 Å². The third-order valence-corrected chi connectivity index (χ3v) is 4.27. The van der Waals surface area contributed by atoms with Crippen LogP contribution < -0.4 is 11.1 Å². The highest BCUT2D eigenvalue weighted by atomic mass is 32.1. The topological polar surface area (TPSA) is 55.1 Å². The number of rotatable bonds is 9. The van der Waals surface area contributed by atoms with E-state index in [2.05, 4.69) is 36.0 Å². The van der Waals surface area contributed by atoms with Gasteiger partial charge < -0.3 is 11.1 Å². The lowest BCUT2D eigenvalue weighted by Gasteiger charge is -2.19. The van der Waals surface area contributed by atoms with Crippen molar-refractivity contribution in [1.29, 1.82) is 0 Å². The molecule has 1 unspecified atom stereocenters. The Labute approximate surface area is 120 Å². The summed E-state index contributed by atoms with van der Waals surface area (Å²) in [7, 11) is 0. The van der Waals surface area contributed by atoms with Gasteiger partial charge >= 0.3 is 0 Å². The molecule has 0 saturated carbocycles. The maximum atomic E-state index is 11.8. The summed E-state index contributed by atoms with van der Waals surface area (Å²) >= 11 is 1.70. The molecule has 0 bridgehead atoms. The predicted octanol–water partition coefficient (Wildman–Crippen LogP) is 2.81. The molecule has 0 aliphatic heterocycles. The molecule has 0 fully saturated rings. The molecule has 0 saturated heterocycles. The molecule has 1 atom stereocenters. The largest absolute Gasteiger partial charge is 0.356 e. The summed E-state index contributed by atoms with van der Waals surface area (Å²) in [5.74, 6) is 1.33. The highest BCUT2D eigenvalue weighted by Gasteiger charge is 2.14. The van der Waals surface area contributed by atoms with Crippen molar-refractivity contribution in [2.24, 2.45) is 17.6 Å². The van der Waals surface area contributed by atoms with Gasteiger partial charge in [-0.2, -0.15) is 11.3 Å². The molecule has 19 heavy (non-hydrogen) atoms. The van der Waals surface area contributed by atoms with Crippen molar-refractivity contribution in [2.45, 2.75) is 39.5 Å². The lowest BCUT2D eigenvalue weighted by molar-refractivity contribution is -0.121. The normalized spacial score (nSPS) is 12.6. The van der Waals surface area contributed by atoms with Gasteiger partial charge in [0.2, 0.25) is 5.91 Å². The van der Waals surface area contributed by atoms with Crippen molar-refractivity contribution < 1.29 is 4.79 Å². The molecule has 0 radical (unpaired) electrons. The molecule has 1 heterocycles. The van der Waals surface area contributed by atoms with Crippen molar-refractivity contribution in [3.8, 4) is 0 Å². The number of nitrogens with one attached hydrogen (secondary N) is 1. The molecule has 1 aromatic heterocycles. The van der Waals surface area contributed by atoms with E-state index < -0.39 is 0 Å². The van der Waals surface area contributed by atoms with Gasteiger partial charge in [-0.3, -0.25) is 4.79 Å². The molecule has 1 aromatic rings. The van der Waals surface area contributed by atoms with E-state index in [1.54, 1.807) is 11.3 Å². The quantitative estimate of drug-likeness (QED) is 0.732. The Bertz CT molecular complexity index is 349. The number of hydrogen-bond donors (Lipinski definition) is 2. The minimum atomic E-state index is 0.165. The standard InChI is InChI=1S/C15H26N2OS/c1-12(2)14(5-8-16)3-4-15(18)17-9-6-13-7-10-19-11-13/h7,10-12,14H,3-6,8-9,16H2,1-2H3,(H,17,18). The van der Waals surface area contributed by atoms with E-state index in [4.69, 9.17) is 5.73 Å². The fraction of sp³-hybridized carbons (Fsp3) is 0.667. The summed E-state index contributed by atoms with van der Waals surface area (Å²) in [5.41, 5.74) is 6.91. The van der Waals surface area contributed by atoms with Crippen molar-refractivity contribution in [1.82, 2.24) is 5.32 Å². The highest BCUT2D eigenvalue weighted by Crippen LogP contribution is 2.20. The number of carbonyl (C=O) groups excluding carboxylic acids is 1. The second-order valence-corrected chi connectivity index (χ2v) is 6.13. The van der Waals surface area contributed by atoms with E-state index in [9.17, 15) is 4.79 Å². The van der Waals surface area contributed by atoms with Crippen LogP contribution in [0.4, 0.5) is 0 Å². The summed E-state index contributed by atoms with van der Waals surface area (Å²) in [6.07, 6.45) is 3.50. The molecule has 108 valence electrons. The van der Waals surface area contributed by atoms with Gasteiger partial charge in [0.1, 0.15) is 0 Å². The van der Waals surface area contributed by atoms with E-state index in [-0.39, 0.29) is 5.91 Å². The first kappa shape index (κ1) is 16.2. The SMILES string of the molecule is CC(C)C(CCN)CCC(=O)NCCc1ccsc1. The first-order chi connectivity index (χ1) is 9.13. The fourth-order valence-corrected chi connectivity index (χ4v) is 2.91. The van der Waals surface area contributed by atoms with Crippen LogP contribution in [-0.4, -0.2) is 19.0 Å². The van der Waals surface area contributed by atoms with Crippen LogP contribution in [0.15, 0.2) is 16.8 Å². The molecular formula is C15H26N2OS. The van der Waals surface area contributed by atoms with Crippen molar-refractivity contribution >= 4 is 17.2 Å². The Balaban J connectivity index is 2.16. The van der Waals surface area contributed by atoms with Crippen molar-refractivity contribution in [3.63, 3.8) is 0 Å². The second kappa shape index (κ2) is 9.10. The fourth-order valence-electron chi connectivity index (χ4n) is 2.21. The smallest absolute Gasteiger partial charge is 0.220 e. The van der Waals surface area contributed by atoms with Gasteiger partial charge in [-0.25, -0.2) is 0 Å². The number of hydrogen-bond acceptors (Lipinski definition) is 3. The number of nitrogens with two attached hydrogens (primary N) is 1. The van der Waals surface area contributed by atoms with Crippen LogP contribution in [0.1, 0.15) is 38.7 Å². The number of carbonyl (C=O) groups is 1. The zero-order chi connectivity index (χ0) is 14.1. The van der Waals surface area contributed by atoms with Gasteiger partial charge in [0, 0.05) is 13.0 Å². The first-order valence-corrected chi connectivity index (χ1v) is 8.05. The summed E-state index contributed by atoms with van der Waals surface area (Å²) in [6.45, 7) is 5.85. The number of thiophene rings is 1. The maximum Gasteiger partial charge on any atom is 0.220 e. The van der Waals surface area contributed by atoms with Gasteiger partial charge in [-0.1, -0.05) is 13.8 Å².